The van der Waals surface area contributed by atoms with Gasteiger partial charge in [0.25, 0.3) is 5.91 Å². The lowest BCUT2D eigenvalue weighted by atomic mass is 9.66. The lowest BCUT2D eigenvalue weighted by molar-refractivity contribution is -0.159. The number of rotatable bonds is 13. The molecule has 0 saturated carbocycles. The molecule has 3 heterocycles. The SMILES string of the molecule is C=CCCOC(=O)[C@@H]1[C@H]2C(=O)N(CCCCCO)C(C(=O)N(CC=C)c3ccccc3Cl)C23CC[C@@]1(C)O3. The number of amides is 2. The lowest BCUT2D eigenvalue weighted by Crippen LogP contribution is -2.56. The number of esters is 1. The number of fused-ring (bicyclic) bond motifs is 1. The molecule has 9 heteroatoms. The van der Waals surface area contributed by atoms with E-state index < -0.39 is 35.0 Å². The van der Waals surface area contributed by atoms with Crippen LogP contribution >= 0.6 is 11.6 Å². The van der Waals surface area contributed by atoms with E-state index in [0.29, 0.717) is 55.8 Å². The minimum Gasteiger partial charge on any atom is -0.465 e. The number of ether oxygens (including phenoxy) is 2. The Balaban J connectivity index is 1.74. The van der Waals surface area contributed by atoms with Crippen LogP contribution in [0.3, 0.4) is 0 Å². The number of para-hydroxylation sites is 1. The molecule has 2 amide bonds. The van der Waals surface area contributed by atoms with E-state index >= 15 is 0 Å². The zero-order valence-corrected chi connectivity index (χ0v) is 22.7. The second-order valence-electron chi connectivity index (χ2n) is 10.5. The predicted molar refractivity (Wildman–Crippen MR) is 145 cm³/mol. The van der Waals surface area contributed by atoms with Gasteiger partial charge in [0.15, 0.2) is 0 Å². The molecule has 3 aliphatic heterocycles. The summed E-state index contributed by atoms with van der Waals surface area (Å²) in [6.07, 6.45) is 6.71. The Bertz CT molecular complexity index is 1090. The predicted octanol–water partition coefficient (Wildman–Crippen LogP) is 3.91. The van der Waals surface area contributed by atoms with Gasteiger partial charge < -0.3 is 24.4 Å². The minimum atomic E-state index is -1.15. The maximum Gasteiger partial charge on any atom is 0.312 e. The maximum absolute atomic E-state index is 14.4. The van der Waals surface area contributed by atoms with Crippen molar-refractivity contribution >= 4 is 35.1 Å². The molecule has 0 aliphatic carbocycles. The second-order valence-corrected chi connectivity index (χ2v) is 10.9. The number of unbranched alkanes of at least 4 members (excludes halogenated alkanes) is 2. The fraction of sp³-hybridized carbons (Fsp3) is 0.552. The van der Waals surface area contributed by atoms with Crippen molar-refractivity contribution in [3.8, 4) is 0 Å². The first-order valence-electron chi connectivity index (χ1n) is 13.3. The van der Waals surface area contributed by atoms with E-state index in [4.69, 9.17) is 21.1 Å². The highest BCUT2D eigenvalue weighted by molar-refractivity contribution is 6.34. The van der Waals surface area contributed by atoms with Crippen LogP contribution in [0.15, 0.2) is 49.6 Å². The summed E-state index contributed by atoms with van der Waals surface area (Å²) in [7, 11) is 0. The third-order valence-corrected chi connectivity index (χ3v) is 8.43. The molecular weight excluding hydrogens is 508 g/mol. The molecule has 2 bridgehead atoms. The summed E-state index contributed by atoms with van der Waals surface area (Å²) in [6, 6.07) is 6.12. The second kappa shape index (κ2) is 11.6. The first-order chi connectivity index (χ1) is 18.3. The number of benzene rings is 1. The Morgan fingerprint density at radius 1 is 1.24 bits per heavy atom. The van der Waals surface area contributed by atoms with Crippen molar-refractivity contribution in [2.75, 3.05) is 31.2 Å². The zero-order valence-electron chi connectivity index (χ0n) is 21.9. The van der Waals surface area contributed by atoms with E-state index in [1.54, 1.807) is 46.2 Å². The highest BCUT2D eigenvalue weighted by Crippen LogP contribution is 2.63. The number of carbonyl (C=O) groups is 3. The molecule has 3 aliphatic rings. The van der Waals surface area contributed by atoms with Gasteiger partial charge in [0.1, 0.15) is 17.6 Å². The largest absolute Gasteiger partial charge is 0.465 e. The summed E-state index contributed by atoms with van der Waals surface area (Å²) in [5, 5.41) is 9.63. The zero-order chi connectivity index (χ0) is 27.5. The average Bonchev–Trinajstić information content (AvgIpc) is 3.46. The van der Waals surface area contributed by atoms with Gasteiger partial charge >= 0.3 is 5.97 Å². The van der Waals surface area contributed by atoms with E-state index in [0.717, 1.165) is 0 Å². The molecule has 5 atom stereocenters. The highest BCUT2D eigenvalue weighted by Gasteiger charge is 2.78. The summed E-state index contributed by atoms with van der Waals surface area (Å²) in [4.78, 5) is 45.0. The standard InChI is InChI=1S/C29H37ClN2O6/c1-4-6-19-37-27(36)23-22-25(34)32(17-10-7-11-18-33)24(29(22)15-14-28(23,3)38-29)26(35)31(16-5-2)21-13-9-8-12-20(21)30/h4-5,8-9,12-13,22-24,33H,1-2,6-7,10-11,14-19H2,3H3/t22-,23-,24?,28+,29?/m0/s1. The molecule has 4 rings (SSSR count). The van der Waals surface area contributed by atoms with Crippen molar-refractivity contribution < 1.29 is 29.0 Å². The number of carbonyl (C=O) groups excluding carboxylic acids is 3. The monoisotopic (exact) mass is 544 g/mol. The van der Waals surface area contributed by atoms with Crippen LogP contribution in [0.2, 0.25) is 5.02 Å². The molecule has 2 unspecified atom stereocenters. The number of anilines is 1. The van der Waals surface area contributed by atoms with Crippen LogP contribution in [0.4, 0.5) is 5.69 Å². The summed E-state index contributed by atoms with van der Waals surface area (Å²) >= 11 is 6.49. The maximum atomic E-state index is 14.4. The van der Waals surface area contributed by atoms with E-state index in [-0.39, 0.29) is 31.6 Å². The van der Waals surface area contributed by atoms with Gasteiger partial charge in [0.2, 0.25) is 5.91 Å². The van der Waals surface area contributed by atoms with E-state index in [9.17, 15) is 19.5 Å². The highest BCUT2D eigenvalue weighted by atomic mass is 35.5. The van der Waals surface area contributed by atoms with Crippen LogP contribution in [0.5, 0.6) is 0 Å². The number of hydrogen-bond acceptors (Lipinski definition) is 6. The van der Waals surface area contributed by atoms with E-state index in [1.807, 2.05) is 6.92 Å². The van der Waals surface area contributed by atoms with Crippen molar-refractivity contribution in [1.82, 2.24) is 4.90 Å². The number of nitrogens with zero attached hydrogens (tertiary/aromatic N) is 2. The molecule has 0 radical (unpaired) electrons. The third kappa shape index (κ3) is 4.78. The molecule has 1 aromatic rings. The van der Waals surface area contributed by atoms with Gasteiger partial charge in [-0.05, 0) is 57.6 Å². The van der Waals surface area contributed by atoms with Gasteiger partial charge in [-0.3, -0.25) is 14.4 Å². The van der Waals surface area contributed by atoms with Gasteiger partial charge in [0.05, 0.1) is 28.8 Å². The first kappa shape index (κ1) is 28.3. The van der Waals surface area contributed by atoms with Crippen LogP contribution in [-0.4, -0.2) is 71.3 Å². The summed E-state index contributed by atoms with van der Waals surface area (Å²) < 4.78 is 12.2. The van der Waals surface area contributed by atoms with Gasteiger partial charge in [-0.25, -0.2) is 0 Å². The van der Waals surface area contributed by atoms with Gasteiger partial charge in [-0.1, -0.05) is 35.9 Å². The van der Waals surface area contributed by atoms with Crippen LogP contribution in [0.25, 0.3) is 0 Å². The van der Waals surface area contributed by atoms with Crippen molar-refractivity contribution in [1.29, 1.82) is 0 Å². The van der Waals surface area contributed by atoms with Crippen LogP contribution in [0, 0.1) is 11.8 Å². The number of hydrogen-bond donors (Lipinski definition) is 1. The van der Waals surface area contributed by atoms with Gasteiger partial charge in [0, 0.05) is 19.7 Å². The molecule has 1 N–H and O–H groups in total. The van der Waals surface area contributed by atoms with Crippen molar-refractivity contribution in [3.63, 3.8) is 0 Å². The minimum absolute atomic E-state index is 0.0581. The molecule has 0 aromatic heterocycles. The fourth-order valence-electron chi connectivity index (χ4n) is 6.46. The first-order valence-corrected chi connectivity index (χ1v) is 13.7. The Labute approximate surface area is 229 Å². The Kier molecular flexibility index (Phi) is 8.65. The molecule has 8 nitrogen and oxygen atoms in total. The molecule has 3 saturated heterocycles. The number of aliphatic hydroxyl groups excluding tert-OH is 1. The summed E-state index contributed by atoms with van der Waals surface area (Å²) in [5.74, 6) is -2.68. The number of halogens is 1. The summed E-state index contributed by atoms with van der Waals surface area (Å²) in [6.45, 7) is 10.1. The molecular formula is C29H37ClN2O6. The smallest absolute Gasteiger partial charge is 0.312 e. The van der Waals surface area contributed by atoms with E-state index in [2.05, 4.69) is 13.2 Å². The topological polar surface area (TPSA) is 96.4 Å². The lowest BCUT2D eigenvalue weighted by Gasteiger charge is -2.37. The van der Waals surface area contributed by atoms with Crippen LogP contribution < -0.4 is 4.90 Å². The average molecular weight is 545 g/mol. The fourth-order valence-corrected chi connectivity index (χ4v) is 6.70. The Hall–Kier alpha value is -2.68. The molecule has 38 heavy (non-hydrogen) atoms. The number of likely N-dealkylation sites (tertiary alicyclic amines) is 1. The van der Waals surface area contributed by atoms with Crippen LogP contribution in [-0.2, 0) is 23.9 Å². The summed E-state index contributed by atoms with van der Waals surface area (Å²) in [5.41, 5.74) is -1.53. The van der Waals surface area contributed by atoms with Crippen LogP contribution in [0.1, 0.15) is 45.4 Å². The van der Waals surface area contributed by atoms with Gasteiger partial charge in [-0.2, -0.15) is 0 Å². The quantitative estimate of drug-likeness (QED) is 0.230. The van der Waals surface area contributed by atoms with Crippen molar-refractivity contribution in [2.24, 2.45) is 11.8 Å². The molecule has 1 spiro atoms. The van der Waals surface area contributed by atoms with E-state index in [1.165, 1.54) is 0 Å². The molecule has 3 fully saturated rings. The van der Waals surface area contributed by atoms with Gasteiger partial charge in [-0.15, -0.1) is 13.2 Å². The normalized spacial score (nSPS) is 29.3. The Morgan fingerprint density at radius 3 is 2.68 bits per heavy atom. The molecule has 1 aromatic carbocycles. The Morgan fingerprint density at radius 2 is 2.00 bits per heavy atom. The molecule has 206 valence electrons. The third-order valence-electron chi connectivity index (χ3n) is 8.11. The number of aliphatic hydroxyl groups is 1. The van der Waals surface area contributed by atoms with Crippen molar-refractivity contribution in [3.05, 3.63) is 54.6 Å². The van der Waals surface area contributed by atoms with Crippen molar-refractivity contribution in [2.45, 2.75) is 62.7 Å².